The number of rotatable bonds is 2. The number of halogens is 2. The van der Waals surface area contributed by atoms with E-state index in [4.69, 9.17) is 0 Å². The maximum absolute atomic E-state index is 13.3. The fourth-order valence-electron chi connectivity index (χ4n) is 2.00. The molecule has 0 bridgehead atoms. The Morgan fingerprint density at radius 2 is 2.31 bits per heavy atom. The van der Waals surface area contributed by atoms with Crippen LogP contribution >= 0.6 is 0 Å². The van der Waals surface area contributed by atoms with Gasteiger partial charge < -0.3 is 10.2 Å². The van der Waals surface area contributed by atoms with Gasteiger partial charge in [-0.15, -0.1) is 0 Å². The lowest BCUT2D eigenvalue weighted by Gasteiger charge is -2.30. The van der Waals surface area contributed by atoms with Crippen molar-refractivity contribution in [2.45, 2.75) is 18.9 Å². The van der Waals surface area contributed by atoms with E-state index in [1.54, 1.807) is 0 Å². The van der Waals surface area contributed by atoms with E-state index in [9.17, 15) is 8.78 Å². The molecule has 1 unspecified atom stereocenters. The highest BCUT2D eigenvalue weighted by Crippen LogP contribution is 2.16. The van der Waals surface area contributed by atoms with Crippen molar-refractivity contribution in [1.82, 2.24) is 9.88 Å². The Kier molecular flexibility index (Phi) is 3.33. The fourth-order valence-corrected chi connectivity index (χ4v) is 2.00. The molecule has 0 aliphatic carbocycles. The topological polar surface area (TPSA) is 28.2 Å². The third-order valence-corrected chi connectivity index (χ3v) is 2.77. The lowest BCUT2D eigenvalue weighted by atomic mass is 10.1. The van der Waals surface area contributed by atoms with E-state index in [1.165, 1.54) is 0 Å². The summed E-state index contributed by atoms with van der Waals surface area (Å²) in [5.74, 6) is -1.14. The summed E-state index contributed by atoms with van der Waals surface area (Å²) in [6.45, 7) is 1.93. The molecule has 1 aliphatic rings. The van der Waals surface area contributed by atoms with Crippen LogP contribution in [0.5, 0.6) is 0 Å². The van der Waals surface area contributed by atoms with Crippen LogP contribution in [-0.4, -0.2) is 36.1 Å². The smallest absolute Gasteiger partial charge is 0.168 e. The predicted molar refractivity (Wildman–Crippen MR) is 58.3 cm³/mol. The van der Waals surface area contributed by atoms with Gasteiger partial charge in [-0.1, -0.05) is 0 Å². The van der Waals surface area contributed by atoms with Gasteiger partial charge in [-0.05, 0) is 26.4 Å². The number of anilines is 1. The first-order chi connectivity index (χ1) is 7.65. The molecule has 0 aromatic carbocycles. The molecule has 1 N–H and O–H groups in total. The van der Waals surface area contributed by atoms with Crippen LogP contribution in [0.2, 0.25) is 0 Å². The van der Waals surface area contributed by atoms with Crippen LogP contribution in [0.1, 0.15) is 12.8 Å². The molecule has 0 amide bonds. The quantitative estimate of drug-likeness (QED) is 0.836. The summed E-state index contributed by atoms with van der Waals surface area (Å²) >= 11 is 0. The maximum Gasteiger partial charge on any atom is 0.168 e. The third kappa shape index (κ3) is 2.66. The van der Waals surface area contributed by atoms with Crippen molar-refractivity contribution in [3.05, 3.63) is 23.9 Å². The number of aromatic nitrogens is 1. The molecule has 3 nitrogen and oxygen atoms in total. The highest BCUT2D eigenvalue weighted by Gasteiger charge is 2.18. The maximum atomic E-state index is 13.3. The molecule has 16 heavy (non-hydrogen) atoms. The van der Waals surface area contributed by atoms with E-state index >= 15 is 0 Å². The number of piperidine rings is 1. The van der Waals surface area contributed by atoms with Crippen LogP contribution in [0.15, 0.2) is 12.3 Å². The zero-order valence-corrected chi connectivity index (χ0v) is 9.21. The molecule has 0 saturated carbocycles. The minimum absolute atomic E-state index is 0.140. The minimum atomic E-state index is -0.649. The first kappa shape index (κ1) is 11.3. The molecule has 1 saturated heterocycles. The molecule has 5 heteroatoms. The molecule has 1 fully saturated rings. The van der Waals surface area contributed by atoms with E-state index in [0.29, 0.717) is 0 Å². The Labute approximate surface area is 93.5 Å². The molecule has 1 aromatic rings. The number of hydrogen-bond acceptors (Lipinski definition) is 3. The molecule has 1 aliphatic heterocycles. The molecular weight excluding hydrogens is 212 g/mol. The highest BCUT2D eigenvalue weighted by molar-refractivity contribution is 5.37. The lowest BCUT2D eigenvalue weighted by Crippen LogP contribution is -2.40. The zero-order chi connectivity index (χ0) is 11.5. The molecular formula is C11H15F2N3. The van der Waals surface area contributed by atoms with E-state index in [0.717, 1.165) is 38.2 Å². The zero-order valence-electron chi connectivity index (χ0n) is 9.21. The van der Waals surface area contributed by atoms with Crippen LogP contribution in [0.25, 0.3) is 0 Å². The third-order valence-electron chi connectivity index (χ3n) is 2.77. The van der Waals surface area contributed by atoms with Gasteiger partial charge in [0, 0.05) is 18.7 Å². The van der Waals surface area contributed by atoms with Gasteiger partial charge in [0.1, 0.15) is 5.82 Å². The number of nitrogens with one attached hydrogen (secondary N) is 1. The average molecular weight is 227 g/mol. The summed E-state index contributed by atoms with van der Waals surface area (Å²) in [5, 5.41) is 3.01. The standard InChI is InChI=1S/C11H15F2N3/c1-16-4-2-3-9(7-16)15-11-10(13)5-8(12)6-14-11/h5-6,9H,2-4,7H2,1H3,(H,14,15). The van der Waals surface area contributed by atoms with Crippen LogP contribution in [0.3, 0.4) is 0 Å². The van der Waals surface area contributed by atoms with Crippen LogP contribution in [0, 0.1) is 11.6 Å². The van der Waals surface area contributed by atoms with Gasteiger partial charge >= 0.3 is 0 Å². The number of likely N-dealkylation sites (N-methyl/N-ethyl adjacent to an activating group) is 1. The number of hydrogen-bond donors (Lipinski definition) is 1. The van der Waals surface area contributed by atoms with Gasteiger partial charge in [0.2, 0.25) is 0 Å². The van der Waals surface area contributed by atoms with Gasteiger partial charge in [0.05, 0.1) is 6.20 Å². The van der Waals surface area contributed by atoms with Gasteiger partial charge in [-0.3, -0.25) is 0 Å². The second-order valence-electron chi connectivity index (χ2n) is 4.23. The van der Waals surface area contributed by atoms with Crippen molar-refractivity contribution in [2.75, 3.05) is 25.5 Å². The van der Waals surface area contributed by atoms with E-state index in [-0.39, 0.29) is 11.9 Å². The largest absolute Gasteiger partial charge is 0.364 e. The summed E-state index contributed by atoms with van der Waals surface area (Å²) in [7, 11) is 2.03. The molecule has 1 atom stereocenters. The minimum Gasteiger partial charge on any atom is -0.364 e. The summed E-state index contributed by atoms with van der Waals surface area (Å²) in [6, 6.07) is 1.04. The highest BCUT2D eigenvalue weighted by atomic mass is 19.1. The van der Waals surface area contributed by atoms with Crippen molar-refractivity contribution in [2.24, 2.45) is 0 Å². The Morgan fingerprint density at radius 3 is 3.00 bits per heavy atom. The van der Waals surface area contributed by atoms with Crippen molar-refractivity contribution in [3.63, 3.8) is 0 Å². The first-order valence-corrected chi connectivity index (χ1v) is 5.41. The average Bonchev–Trinajstić information content (AvgIpc) is 2.22. The molecule has 88 valence electrons. The normalized spacial score (nSPS) is 22.1. The van der Waals surface area contributed by atoms with Gasteiger partial charge in [-0.25, -0.2) is 13.8 Å². The lowest BCUT2D eigenvalue weighted by molar-refractivity contribution is 0.260. The summed E-state index contributed by atoms with van der Waals surface area (Å²) in [4.78, 5) is 5.90. The monoisotopic (exact) mass is 227 g/mol. The van der Waals surface area contributed by atoms with Gasteiger partial charge in [0.15, 0.2) is 11.6 Å². The second kappa shape index (κ2) is 4.74. The van der Waals surface area contributed by atoms with Crippen molar-refractivity contribution in [3.8, 4) is 0 Å². The van der Waals surface area contributed by atoms with E-state index < -0.39 is 11.6 Å². The fraction of sp³-hybridized carbons (Fsp3) is 0.545. The number of likely N-dealkylation sites (tertiary alicyclic amines) is 1. The second-order valence-corrected chi connectivity index (χ2v) is 4.23. The Hall–Kier alpha value is -1.23. The molecule has 1 aromatic heterocycles. The Bertz CT molecular complexity index is 370. The number of pyridine rings is 1. The Balaban J connectivity index is 2.02. The molecule has 2 rings (SSSR count). The van der Waals surface area contributed by atoms with Gasteiger partial charge in [0.25, 0.3) is 0 Å². The predicted octanol–water partition coefficient (Wildman–Crippen LogP) is 1.87. The summed E-state index contributed by atoms with van der Waals surface area (Å²) in [6.07, 6.45) is 3.10. The van der Waals surface area contributed by atoms with Gasteiger partial charge in [-0.2, -0.15) is 0 Å². The summed E-state index contributed by atoms with van der Waals surface area (Å²) in [5.41, 5.74) is 0. The molecule has 2 heterocycles. The summed E-state index contributed by atoms with van der Waals surface area (Å²) < 4.78 is 26.0. The van der Waals surface area contributed by atoms with Crippen molar-refractivity contribution >= 4 is 5.82 Å². The van der Waals surface area contributed by atoms with E-state index in [2.05, 4.69) is 15.2 Å². The van der Waals surface area contributed by atoms with Crippen LogP contribution in [0.4, 0.5) is 14.6 Å². The van der Waals surface area contributed by atoms with Crippen molar-refractivity contribution < 1.29 is 8.78 Å². The Morgan fingerprint density at radius 1 is 1.50 bits per heavy atom. The number of nitrogens with zero attached hydrogens (tertiary/aromatic N) is 2. The van der Waals surface area contributed by atoms with Crippen LogP contribution in [-0.2, 0) is 0 Å². The van der Waals surface area contributed by atoms with E-state index in [1.807, 2.05) is 7.05 Å². The first-order valence-electron chi connectivity index (χ1n) is 5.41. The molecule has 0 spiro atoms. The SMILES string of the molecule is CN1CCCC(Nc2ncc(F)cc2F)C1. The van der Waals surface area contributed by atoms with Crippen LogP contribution < -0.4 is 5.32 Å². The van der Waals surface area contributed by atoms with Crippen molar-refractivity contribution in [1.29, 1.82) is 0 Å². The molecule has 0 radical (unpaired) electrons.